The summed E-state index contributed by atoms with van der Waals surface area (Å²) in [5, 5.41) is 21.0. The van der Waals surface area contributed by atoms with Crippen LogP contribution < -0.4 is 5.32 Å². The molecule has 0 aromatic heterocycles. The van der Waals surface area contributed by atoms with Gasteiger partial charge in [0.25, 0.3) is 5.91 Å². The topological polar surface area (TPSA) is 86.6 Å². The lowest BCUT2D eigenvalue weighted by atomic mass is 10.1. The molecule has 0 bridgehead atoms. The fourth-order valence-electron chi connectivity index (χ4n) is 1.60. The number of carbonyl (C=O) groups excluding carboxylic acids is 1. The summed E-state index contributed by atoms with van der Waals surface area (Å²) in [7, 11) is 0. The molecule has 0 heterocycles. The highest BCUT2D eigenvalue weighted by Crippen LogP contribution is 2.26. The van der Waals surface area contributed by atoms with Crippen molar-refractivity contribution >= 4 is 33.5 Å². The van der Waals surface area contributed by atoms with Gasteiger partial charge in [0.2, 0.25) is 0 Å². The Hall–Kier alpha value is -2.34. The number of carbonyl (C=O) groups is 2. The van der Waals surface area contributed by atoms with Crippen LogP contribution in [0, 0.1) is 0 Å². The molecule has 0 aliphatic rings. The molecule has 2 aromatic rings. The standard InChI is InChI=1S/C14H10BrNO4/c15-10-4-2-1-3-9(10)13(18)16-11-7-8(14(19)20)5-6-12(11)17/h1-7,17H,(H,16,18)(H,19,20). The first-order valence-corrected chi connectivity index (χ1v) is 6.40. The third-order valence-corrected chi connectivity index (χ3v) is 3.30. The second kappa shape index (κ2) is 5.75. The van der Waals surface area contributed by atoms with Crippen molar-refractivity contribution in [2.24, 2.45) is 0 Å². The van der Waals surface area contributed by atoms with E-state index in [4.69, 9.17) is 5.11 Å². The molecule has 0 saturated carbocycles. The third-order valence-electron chi connectivity index (χ3n) is 2.61. The Balaban J connectivity index is 2.30. The lowest BCUT2D eigenvalue weighted by molar-refractivity contribution is 0.0696. The van der Waals surface area contributed by atoms with Gasteiger partial charge >= 0.3 is 5.97 Å². The van der Waals surface area contributed by atoms with Crippen molar-refractivity contribution in [3.8, 4) is 5.75 Å². The maximum absolute atomic E-state index is 12.1. The minimum absolute atomic E-state index is 0.0229. The van der Waals surface area contributed by atoms with E-state index in [2.05, 4.69) is 21.2 Å². The molecular weight excluding hydrogens is 326 g/mol. The SMILES string of the molecule is O=C(O)c1ccc(O)c(NC(=O)c2ccccc2Br)c1. The average molecular weight is 336 g/mol. The van der Waals surface area contributed by atoms with E-state index in [1.165, 1.54) is 18.2 Å². The molecule has 5 nitrogen and oxygen atoms in total. The highest BCUT2D eigenvalue weighted by molar-refractivity contribution is 9.10. The van der Waals surface area contributed by atoms with Crippen LogP contribution in [0.15, 0.2) is 46.9 Å². The summed E-state index contributed by atoms with van der Waals surface area (Å²) in [5.74, 6) is -1.79. The van der Waals surface area contributed by atoms with Crippen molar-refractivity contribution in [1.29, 1.82) is 0 Å². The highest BCUT2D eigenvalue weighted by atomic mass is 79.9. The number of hydrogen-bond donors (Lipinski definition) is 3. The zero-order chi connectivity index (χ0) is 14.7. The lowest BCUT2D eigenvalue weighted by Crippen LogP contribution is -2.13. The van der Waals surface area contributed by atoms with Gasteiger partial charge in [0, 0.05) is 4.47 Å². The number of phenols is 1. The zero-order valence-corrected chi connectivity index (χ0v) is 11.7. The molecular formula is C14H10BrNO4. The Morgan fingerprint density at radius 1 is 1.10 bits per heavy atom. The summed E-state index contributed by atoms with van der Waals surface area (Å²) in [5.41, 5.74) is 0.406. The van der Waals surface area contributed by atoms with E-state index in [0.717, 1.165) is 0 Å². The number of aromatic hydroxyl groups is 1. The van der Waals surface area contributed by atoms with E-state index in [-0.39, 0.29) is 17.0 Å². The fourth-order valence-corrected chi connectivity index (χ4v) is 2.07. The molecule has 2 aromatic carbocycles. The second-order valence-electron chi connectivity index (χ2n) is 3.97. The minimum Gasteiger partial charge on any atom is -0.506 e. The number of carboxylic acid groups (broad SMARTS) is 1. The molecule has 0 aliphatic heterocycles. The second-order valence-corrected chi connectivity index (χ2v) is 4.83. The van der Waals surface area contributed by atoms with Crippen molar-refractivity contribution < 1.29 is 19.8 Å². The Morgan fingerprint density at radius 2 is 1.80 bits per heavy atom. The number of phenolic OH excluding ortho intramolecular Hbond substituents is 1. The molecule has 0 saturated heterocycles. The first kappa shape index (κ1) is 14.1. The van der Waals surface area contributed by atoms with Crippen molar-refractivity contribution in [3.05, 3.63) is 58.1 Å². The van der Waals surface area contributed by atoms with Gasteiger partial charge in [-0.15, -0.1) is 0 Å². The quantitative estimate of drug-likeness (QED) is 0.752. The molecule has 0 atom stereocenters. The maximum Gasteiger partial charge on any atom is 0.335 e. The van der Waals surface area contributed by atoms with Crippen molar-refractivity contribution in [2.75, 3.05) is 5.32 Å². The number of rotatable bonds is 3. The summed E-state index contributed by atoms with van der Waals surface area (Å²) in [6, 6.07) is 10.5. The van der Waals surface area contributed by atoms with Crippen LogP contribution in [0.25, 0.3) is 0 Å². The average Bonchev–Trinajstić information content (AvgIpc) is 2.41. The molecule has 2 rings (SSSR count). The highest BCUT2D eigenvalue weighted by Gasteiger charge is 2.13. The monoisotopic (exact) mass is 335 g/mol. The Bertz CT molecular complexity index is 685. The molecule has 0 aliphatic carbocycles. The molecule has 0 fully saturated rings. The van der Waals surface area contributed by atoms with Crippen LogP contribution >= 0.6 is 15.9 Å². The van der Waals surface area contributed by atoms with E-state index in [9.17, 15) is 14.7 Å². The molecule has 102 valence electrons. The molecule has 0 radical (unpaired) electrons. The summed E-state index contributed by atoms with van der Waals surface area (Å²) < 4.78 is 0.603. The smallest absolute Gasteiger partial charge is 0.335 e. The summed E-state index contributed by atoms with van der Waals surface area (Å²) in [4.78, 5) is 22.9. The van der Waals surface area contributed by atoms with Crippen LogP contribution in [0.3, 0.4) is 0 Å². The van der Waals surface area contributed by atoms with Gasteiger partial charge in [0.1, 0.15) is 5.75 Å². The van der Waals surface area contributed by atoms with Crippen LogP contribution in [-0.2, 0) is 0 Å². The fraction of sp³-hybridized carbons (Fsp3) is 0. The van der Waals surface area contributed by atoms with Crippen LogP contribution in [-0.4, -0.2) is 22.1 Å². The molecule has 6 heteroatoms. The van der Waals surface area contributed by atoms with E-state index in [1.54, 1.807) is 24.3 Å². The van der Waals surface area contributed by atoms with Crippen LogP contribution in [0.5, 0.6) is 5.75 Å². The summed E-state index contributed by atoms with van der Waals surface area (Å²) in [6.45, 7) is 0. The van der Waals surface area contributed by atoms with Gasteiger partial charge in [-0.05, 0) is 46.3 Å². The number of aromatic carboxylic acids is 1. The van der Waals surface area contributed by atoms with Crippen molar-refractivity contribution in [3.63, 3.8) is 0 Å². The van der Waals surface area contributed by atoms with Crippen LogP contribution in [0.1, 0.15) is 20.7 Å². The van der Waals surface area contributed by atoms with Gasteiger partial charge in [0.15, 0.2) is 0 Å². The van der Waals surface area contributed by atoms with Crippen molar-refractivity contribution in [2.45, 2.75) is 0 Å². The van der Waals surface area contributed by atoms with Crippen LogP contribution in [0.2, 0.25) is 0 Å². The number of anilines is 1. The zero-order valence-electron chi connectivity index (χ0n) is 10.1. The summed E-state index contributed by atoms with van der Waals surface area (Å²) in [6.07, 6.45) is 0. The van der Waals surface area contributed by atoms with E-state index in [0.29, 0.717) is 10.0 Å². The lowest BCUT2D eigenvalue weighted by Gasteiger charge is -2.09. The van der Waals surface area contributed by atoms with Gasteiger partial charge in [-0.3, -0.25) is 4.79 Å². The summed E-state index contributed by atoms with van der Waals surface area (Å²) >= 11 is 3.25. The number of carboxylic acids is 1. The number of benzene rings is 2. The van der Waals surface area contributed by atoms with Crippen LogP contribution in [0.4, 0.5) is 5.69 Å². The van der Waals surface area contributed by atoms with Crippen molar-refractivity contribution in [1.82, 2.24) is 0 Å². The molecule has 0 spiro atoms. The normalized spacial score (nSPS) is 10.1. The van der Waals surface area contributed by atoms with E-state index < -0.39 is 11.9 Å². The van der Waals surface area contributed by atoms with Gasteiger partial charge in [0.05, 0.1) is 16.8 Å². The minimum atomic E-state index is -1.14. The number of halogens is 1. The molecule has 20 heavy (non-hydrogen) atoms. The van der Waals surface area contributed by atoms with E-state index in [1.807, 2.05) is 0 Å². The molecule has 3 N–H and O–H groups in total. The van der Waals surface area contributed by atoms with E-state index >= 15 is 0 Å². The first-order chi connectivity index (χ1) is 9.49. The van der Waals surface area contributed by atoms with Gasteiger partial charge < -0.3 is 15.5 Å². The van der Waals surface area contributed by atoms with Gasteiger partial charge in [-0.1, -0.05) is 12.1 Å². The Kier molecular flexibility index (Phi) is 4.05. The number of amides is 1. The maximum atomic E-state index is 12.1. The largest absolute Gasteiger partial charge is 0.506 e. The molecule has 1 amide bonds. The van der Waals surface area contributed by atoms with Gasteiger partial charge in [-0.25, -0.2) is 4.79 Å². The third kappa shape index (κ3) is 2.97. The predicted molar refractivity (Wildman–Crippen MR) is 77.2 cm³/mol. The predicted octanol–water partition coefficient (Wildman–Crippen LogP) is 3.11. The Morgan fingerprint density at radius 3 is 2.45 bits per heavy atom. The van der Waals surface area contributed by atoms with Gasteiger partial charge in [-0.2, -0.15) is 0 Å². The molecule has 0 unspecified atom stereocenters. The Labute approximate surface area is 123 Å². The number of nitrogens with one attached hydrogen (secondary N) is 1. The first-order valence-electron chi connectivity index (χ1n) is 5.61. The number of hydrogen-bond acceptors (Lipinski definition) is 3.